The number of nitrogens with two attached hydrogens (primary N) is 1. The van der Waals surface area contributed by atoms with Gasteiger partial charge in [0.1, 0.15) is 22.8 Å². The molecule has 33 heavy (non-hydrogen) atoms. The minimum atomic E-state index is -2.62. The van der Waals surface area contributed by atoms with Gasteiger partial charge in [0.2, 0.25) is 5.78 Å². The Labute approximate surface area is 188 Å². The summed E-state index contributed by atoms with van der Waals surface area (Å²) < 4.78 is 0. The first-order valence-electron chi connectivity index (χ1n) is 10.4. The summed E-state index contributed by atoms with van der Waals surface area (Å²) in [4.78, 5) is 52.0. The molecule has 1 amide bonds. The van der Waals surface area contributed by atoms with Crippen LogP contribution in [0.5, 0.6) is 5.75 Å². The molecular weight excluding hydrogens is 432 g/mol. The van der Waals surface area contributed by atoms with Gasteiger partial charge in [-0.25, -0.2) is 0 Å². The summed E-state index contributed by atoms with van der Waals surface area (Å²) in [6, 6.07) is 1.50. The number of phenolic OH excluding ortho intramolecular Hbond substituents is 1. The summed E-state index contributed by atoms with van der Waals surface area (Å²) in [6.45, 7) is 1.24. The van der Waals surface area contributed by atoms with Gasteiger partial charge in [0, 0.05) is 37.7 Å². The third-order valence-electron chi connectivity index (χ3n) is 6.90. The van der Waals surface area contributed by atoms with Crippen LogP contribution in [0.4, 0.5) is 5.69 Å². The van der Waals surface area contributed by atoms with Crippen LogP contribution in [0.2, 0.25) is 0 Å². The molecular formula is C23H24N2O8. The topological polar surface area (TPSA) is 178 Å². The molecule has 0 bridgehead atoms. The summed E-state index contributed by atoms with van der Waals surface area (Å²) >= 11 is 0. The minimum Gasteiger partial charge on any atom is -0.511 e. The van der Waals surface area contributed by atoms with Crippen LogP contribution in [-0.2, 0) is 16.0 Å². The van der Waals surface area contributed by atoms with E-state index in [1.165, 1.54) is 13.0 Å². The first-order valence-corrected chi connectivity index (χ1v) is 10.4. The fraction of sp³-hybridized carbons (Fsp3) is 0.391. The molecule has 0 heterocycles. The number of aliphatic hydroxyl groups is 3. The van der Waals surface area contributed by atoms with Gasteiger partial charge in [-0.3, -0.25) is 19.2 Å². The number of primary amides is 1. The third-order valence-corrected chi connectivity index (χ3v) is 6.90. The van der Waals surface area contributed by atoms with Gasteiger partial charge < -0.3 is 31.1 Å². The molecule has 3 atom stereocenters. The number of allylic oxidation sites excluding steroid dienone is 2. The first kappa shape index (κ1) is 22.5. The molecule has 0 radical (unpaired) electrons. The number of rotatable bonds is 3. The smallest absolute Gasteiger partial charge is 0.255 e. The van der Waals surface area contributed by atoms with Crippen molar-refractivity contribution in [1.29, 1.82) is 0 Å². The SMILES string of the molecule is CC(=O)c1cc(N(C)C)c2c(c1O)C(=O)C1=C(O)[C@]3(O)C(=O)C(C(N)=O)=C(O)C[C@@H]3C[C@@H]1C2. The standard InChI is InChI=1S/C23H24N2O8/c1-8(26)11-7-13(25(2)3)12-5-9-4-10-6-14(27)17(22(24)32)21(31)23(10,33)20(30)15(9)19(29)16(12)18(11)28/h7,9-10,27-28,30,33H,4-6H2,1-3H3,(H2,24,32)/t9-,10+,23+/m1/s1. The molecule has 1 aromatic rings. The number of anilines is 1. The van der Waals surface area contributed by atoms with E-state index in [1.807, 2.05) is 0 Å². The molecule has 4 rings (SSSR count). The minimum absolute atomic E-state index is 0.0466. The second kappa shape index (κ2) is 7.17. The van der Waals surface area contributed by atoms with Crippen molar-refractivity contribution >= 4 is 28.9 Å². The lowest BCUT2D eigenvalue weighted by Crippen LogP contribution is -2.57. The van der Waals surface area contributed by atoms with Crippen molar-refractivity contribution in [2.24, 2.45) is 17.6 Å². The van der Waals surface area contributed by atoms with E-state index in [4.69, 9.17) is 5.73 Å². The molecule has 174 valence electrons. The number of carbonyl (C=O) groups is 4. The first-order chi connectivity index (χ1) is 15.3. The fourth-order valence-electron chi connectivity index (χ4n) is 5.33. The molecule has 1 aromatic carbocycles. The monoisotopic (exact) mass is 456 g/mol. The molecule has 10 nitrogen and oxygen atoms in total. The fourth-order valence-corrected chi connectivity index (χ4v) is 5.33. The van der Waals surface area contributed by atoms with Crippen LogP contribution in [-0.4, -0.2) is 63.4 Å². The van der Waals surface area contributed by atoms with Gasteiger partial charge in [-0.05, 0) is 37.3 Å². The van der Waals surface area contributed by atoms with Crippen LogP contribution in [0.3, 0.4) is 0 Å². The molecule has 0 aromatic heterocycles. The van der Waals surface area contributed by atoms with E-state index in [9.17, 15) is 39.6 Å². The molecule has 0 saturated carbocycles. The predicted molar refractivity (Wildman–Crippen MR) is 115 cm³/mol. The second-order valence-corrected chi connectivity index (χ2v) is 9.01. The van der Waals surface area contributed by atoms with Crippen molar-refractivity contribution in [3.05, 3.63) is 45.4 Å². The van der Waals surface area contributed by atoms with Gasteiger partial charge in [0.25, 0.3) is 5.91 Å². The summed E-state index contributed by atoms with van der Waals surface area (Å²) in [5, 5.41) is 43.2. The number of hydrogen-bond acceptors (Lipinski definition) is 9. The van der Waals surface area contributed by atoms with Crippen molar-refractivity contribution in [1.82, 2.24) is 0 Å². The normalized spacial score (nSPS) is 26.5. The van der Waals surface area contributed by atoms with E-state index in [1.54, 1.807) is 19.0 Å². The number of carbonyl (C=O) groups excluding carboxylic acids is 4. The Kier molecular flexibility index (Phi) is 4.90. The largest absolute Gasteiger partial charge is 0.511 e. The summed E-state index contributed by atoms with van der Waals surface area (Å²) in [5.74, 6) is -7.48. The zero-order chi connectivity index (χ0) is 24.6. The zero-order valence-electron chi connectivity index (χ0n) is 18.3. The highest BCUT2D eigenvalue weighted by Crippen LogP contribution is 2.52. The number of ketones is 3. The average molecular weight is 456 g/mol. The van der Waals surface area contributed by atoms with E-state index in [0.29, 0.717) is 11.3 Å². The molecule has 0 saturated heterocycles. The number of amides is 1. The van der Waals surface area contributed by atoms with Crippen LogP contribution in [0.25, 0.3) is 0 Å². The lowest BCUT2D eigenvalue weighted by molar-refractivity contribution is -0.144. The van der Waals surface area contributed by atoms with Crippen LogP contribution < -0.4 is 10.6 Å². The molecule has 0 fully saturated rings. The van der Waals surface area contributed by atoms with Crippen molar-refractivity contribution in [2.45, 2.75) is 31.8 Å². The molecule has 3 aliphatic rings. The zero-order valence-corrected chi connectivity index (χ0v) is 18.3. The van der Waals surface area contributed by atoms with Gasteiger partial charge in [-0.1, -0.05) is 0 Å². The van der Waals surface area contributed by atoms with E-state index in [-0.39, 0.29) is 36.0 Å². The Morgan fingerprint density at radius 3 is 2.33 bits per heavy atom. The lowest BCUT2D eigenvalue weighted by atomic mass is 9.60. The maximum Gasteiger partial charge on any atom is 0.255 e. The Morgan fingerprint density at radius 2 is 1.79 bits per heavy atom. The van der Waals surface area contributed by atoms with E-state index in [0.717, 1.165) is 0 Å². The number of phenols is 1. The summed E-state index contributed by atoms with van der Waals surface area (Å²) in [5.41, 5.74) is 2.24. The Morgan fingerprint density at radius 1 is 1.15 bits per heavy atom. The van der Waals surface area contributed by atoms with Gasteiger partial charge in [-0.15, -0.1) is 0 Å². The number of nitrogens with zero attached hydrogens (tertiary/aromatic N) is 1. The third kappa shape index (κ3) is 2.90. The molecule has 3 aliphatic carbocycles. The van der Waals surface area contributed by atoms with Crippen molar-refractivity contribution in [2.75, 3.05) is 19.0 Å². The van der Waals surface area contributed by atoms with Crippen molar-refractivity contribution in [3.8, 4) is 5.75 Å². The van der Waals surface area contributed by atoms with Crippen LogP contribution >= 0.6 is 0 Å². The summed E-state index contributed by atoms with van der Waals surface area (Å²) in [6.07, 6.45) is -0.0664. The molecule has 0 aliphatic heterocycles. The van der Waals surface area contributed by atoms with E-state index >= 15 is 0 Å². The number of aromatic hydroxyl groups is 1. The predicted octanol–water partition coefficient (Wildman–Crippen LogP) is 0.849. The van der Waals surface area contributed by atoms with Gasteiger partial charge >= 0.3 is 0 Å². The van der Waals surface area contributed by atoms with Crippen LogP contribution in [0, 0.1) is 11.8 Å². The highest BCUT2D eigenvalue weighted by atomic mass is 16.3. The molecule has 10 heteroatoms. The number of benzene rings is 1. The number of fused-ring (bicyclic) bond motifs is 3. The quantitative estimate of drug-likeness (QED) is 0.326. The number of hydrogen-bond donors (Lipinski definition) is 5. The maximum absolute atomic E-state index is 13.6. The van der Waals surface area contributed by atoms with Crippen LogP contribution in [0.15, 0.2) is 28.7 Å². The Hall–Kier alpha value is -3.66. The Bertz CT molecular complexity index is 1230. The van der Waals surface area contributed by atoms with Crippen molar-refractivity contribution < 1.29 is 39.6 Å². The Balaban J connectivity index is 1.96. The average Bonchev–Trinajstić information content (AvgIpc) is 2.70. The van der Waals surface area contributed by atoms with Gasteiger partial charge in [0.05, 0.1) is 11.1 Å². The van der Waals surface area contributed by atoms with Crippen LogP contribution in [0.1, 0.15) is 46.0 Å². The van der Waals surface area contributed by atoms with Crippen molar-refractivity contribution in [3.63, 3.8) is 0 Å². The highest BCUT2D eigenvalue weighted by Gasteiger charge is 2.59. The number of aliphatic hydroxyl groups excluding tert-OH is 2. The molecule has 0 spiro atoms. The molecule has 6 N–H and O–H groups in total. The van der Waals surface area contributed by atoms with E-state index < -0.39 is 63.5 Å². The highest BCUT2D eigenvalue weighted by molar-refractivity contribution is 6.24. The number of Topliss-reactive ketones (excluding diaryl/α,β-unsaturated/α-hetero) is 3. The van der Waals surface area contributed by atoms with Gasteiger partial charge in [-0.2, -0.15) is 0 Å². The second-order valence-electron chi connectivity index (χ2n) is 9.01. The van der Waals surface area contributed by atoms with E-state index in [2.05, 4.69) is 0 Å². The molecule has 0 unspecified atom stereocenters. The summed E-state index contributed by atoms with van der Waals surface area (Å²) in [7, 11) is 3.44. The maximum atomic E-state index is 13.6. The lowest BCUT2D eigenvalue weighted by Gasteiger charge is -2.45. The van der Waals surface area contributed by atoms with Gasteiger partial charge in [0.15, 0.2) is 17.2 Å².